The van der Waals surface area contributed by atoms with Crippen molar-refractivity contribution in [2.24, 2.45) is 0 Å². The Morgan fingerprint density at radius 3 is 2.86 bits per heavy atom. The lowest BCUT2D eigenvalue weighted by molar-refractivity contribution is -0.120. The first-order valence-electron chi connectivity index (χ1n) is 6.54. The number of rotatable bonds is 4. The van der Waals surface area contributed by atoms with Gasteiger partial charge in [0.1, 0.15) is 4.83 Å². The number of aryl methyl sites for hydroxylation is 2. The van der Waals surface area contributed by atoms with Gasteiger partial charge in [-0.05, 0) is 12.5 Å². The third kappa shape index (κ3) is 3.46. The molecule has 0 unspecified atom stereocenters. The van der Waals surface area contributed by atoms with Crippen molar-refractivity contribution in [3.05, 3.63) is 27.6 Å². The Hall–Kier alpha value is -2.22. The smallest absolute Gasteiger partial charge is 0.321 e. The number of urea groups is 1. The summed E-state index contributed by atoms with van der Waals surface area (Å²) in [5.41, 5.74) is -0.163. The summed E-state index contributed by atoms with van der Waals surface area (Å²) in [6.45, 7) is 2.20. The third-order valence-electron chi connectivity index (χ3n) is 2.98. The van der Waals surface area contributed by atoms with Crippen LogP contribution in [0.3, 0.4) is 0 Å². The van der Waals surface area contributed by atoms with Crippen LogP contribution in [0.25, 0.3) is 10.2 Å². The van der Waals surface area contributed by atoms with Crippen LogP contribution in [0.2, 0.25) is 0 Å². The number of fused-ring (bicyclic) bond motifs is 1. The highest BCUT2D eigenvalue weighted by Gasteiger charge is 2.10. The fourth-order valence-corrected chi connectivity index (χ4v) is 2.74. The van der Waals surface area contributed by atoms with Gasteiger partial charge in [0.05, 0.1) is 11.7 Å². The Morgan fingerprint density at radius 2 is 2.19 bits per heavy atom. The molecule has 0 radical (unpaired) electrons. The number of imide groups is 1. The average Bonchev–Trinajstić information content (AvgIpc) is 2.90. The number of thiophene rings is 1. The minimum Gasteiger partial charge on any atom is -0.341 e. The summed E-state index contributed by atoms with van der Waals surface area (Å²) in [7, 11) is 1.42. The van der Waals surface area contributed by atoms with Crippen LogP contribution in [0.5, 0.6) is 0 Å². The molecule has 2 rings (SSSR count). The number of carbonyl (C=O) groups is 2. The molecule has 2 aromatic rings. The first-order chi connectivity index (χ1) is 10.0. The molecule has 0 aliphatic rings. The van der Waals surface area contributed by atoms with Gasteiger partial charge >= 0.3 is 6.03 Å². The second-order valence-electron chi connectivity index (χ2n) is 4.41. The van der Waals surface area contributed by atoms with Crippen LogP contribution in [0.1, 0.15) is 18.2 Å². The molecule has 0 spiro atoms. The van der Waals surface area contributed by atoms with Crippen molar-refractivity contribution in [3.63, 3.8) is 0 Å². The highest BCUT2D eigenvalue weighted by atomic mass is 32.1. The molecule has 0 aliphatic carbocycles. The van der Waals surface area contributed by atoms with Crippen LogP contribution in [0.15, 0.2) is 17.2 Å². The molecule has 0 bridgehead atoms. The zero-order valence-corrected chi connectivity index (χ0v) is 12.6. The van der Waals surface area contributed by atoms with E-state index >= 15 is 0 Å². The van der Waals surface area contributed by atoms with Crippen molar-refractivity contribution in [3.8, 4) is 0 Å². The standard InChI is InChI=1S/C13H16N4O3S/c1-3-8-6-9-11(21-8)15-7-17(12(9)19)5-4-10(18)16-13(20)14-2/h6-7H,3-5H2,1-2H3,(H2,14,16,18,20). The van der Waals surface area contributed by atoms with Gasteiger partial charge in [0.15, 0.2) is 0 Å². The molecular weight excluding hydrogens is 292 g/mol. The van der Waals surface area contributed by atoms with Crippen molar-refractivity contribution in [1.82, 2.24) is 20.2 Å². The molecule has 0 saturated carbocycles. The lowest BCUT2D eigenvalue weighted by Crippen LogP contribution is -2.38. The van der Waals surface area contributed by atoms with E-state index in [0.29, 0.717) is 10.2 Å². The van der Waals surface area contributed by atoms with E-state index < -0.39 is 11.9 Å². The summed E-state index contributed by atoms with van der Waals surface area (Å²) in [4.78, 5) is 40.8. The molecule has 0 aliphatic heterocycles. The fourth-order valence-electron chi connectivity index (χ4n) is 1.82. The van der Waals surface area contributed by atoms with Gasteiger partial charge in [-0.25, -0.2) is 9.78 Å². The zero-order chi connectivity index (χ0) is 15.4. The van der Waals surface area contributed by atoms with Crippen LogP contribution in [-0.2, 0) is 17.8 Å². The summed E-state index contributed by atoms with van der Waals surface area (Å²) in [5.74, 6) is -0.444. The first kappa shape index (κ1) is 15.2. The Balaban J connectivity index is 2.12. The Morgan fingerprint density at radius 1 is 1.43 bits per heavy atom. The monoisotopic (exact) mass is 308 g/mol. The number of hydrogen-bond acceptors (Lipinski definition) is 5. The molecule has 21 heavy (non-hydrogen) atoms. The number of hydrogen-bond donors (Lipinski definition) is 2. The van der Waals surface area contributed by atoms with Gasteiger partial charge in [-0.1, -0.05) is 6.92 Å². The topological polar surface area (TPSA) is 93.1 Å². The maximum Gasteiger partial charge on any atom is 0.321 e. The molecule has 0 atom stereocenters. The maximum absolute atomic E-state index is 12.3. The molecule has 0 saturated heterocycles. The molecule has 0 aromatic carbocycles. The Labute approximate surface area is 125 Å². The van der Waals surface area contributed by atoms with Crippen molar-refractivity contribution in [2.45, 2.75) is 26.3 Å². The van der Waals surface area contributed by atoms with E-state index in [-0.39, 0.29) is 18.5 Å². The van der Waals surface area contributed by atoms with E-state index in [0.717, 1.165) is 11.3 Å². The molecule has 8 heteroatoms. The van der Waals surface area contributed by atoms with E-state index in [1.807, 2.05) is 13.0 Å². The molecule has 3 amide bonds. The quantitative estimate of drug-likeness (QED) is 0.876. The number of nitrogens with zero attached hydrogens (tertiary/aromatic N) is 2. The van der Waals surface area contributed by atoms with Crippen LogP contribution in [-0.4, -0.2) is 28.5 Å². The van der Waals surface area contributed by atoms with Crippen LogP contribution in [0.4, 0.5) is 4.79 Å². The summed E-state index contributed by atoms with van der Waals surface area (Å²) in [5, 5.41) is 5.01. The zero-order valence-electron chi connectivity index (χ0n) is 11.8. The van der Waals surface area contributed by atoms with E-state index in [4.69, 9.17) is 0 Å². The van der Waals surface area contributed by atoms with E-state index in [2.05, 4.69) is 15.6 Å². The van der Waals surface area contributed by atoms with Crippen LogP contribution in [0, 0.1) is 0 Å². The second kappa shape index (κ2) is 6.49. The van der Waals surface area contributed by atoms with Crippen molar-refractivity contribution >= 4 is 33.5 Å². The number of amides is 3. The predicted octanol–water partition coefficient (Wildman–Crippen LogP) is 0.866. The van der Waals surface area contributed by atoms with Crippen molar-refractivity contribution in [2.75, 3.05) is 7.05 Å². The van der Waals surface area contributed by atoms with Crippen LogP contribution >= 0.6 is 11.3 Å². The van der Waals surface area contributed by atoms with Gasteiger partial charge in [0.25, 0.3) is 5.56 Å². The lowest BCUT2D eigenvalue weighted by Gasteiger charge is -2.05. The lowest BCUT2D eigenvalue weighted by atomic mass is 10.3. The molecule has 2 N–H and O–H groups in total. The first-order valence-corrected chi connectivity index (χ1v) is 7.36. The van der Waals surface area contributed by atoms with Gasteiger partial charge in [0.2, 0.25) is 5.91 Å². The highest BCUT2D eigenvalue weighted by molar-refractivity contribution is 7.18. The Kier molecular flexibility index (Phi) is 4.69. The molecule has 0 fully saturated rings. The number of nitrogens with one attached hydrogen (secondary N) is 2. The summed E-state index contributed by atoms with van der Waals surface area (Å²) in [6.07, 6.45) is 2.33. The van der Waals surface area contributed by atoms with E-state index in [1.165, 1.54) is 29.3 Å². The molecular formula is C13H16N4O3S. The maximum atomic E-state index is 12.3. The molecule has 7 nitrogen and oxygen atoms in total. The van der Waals surface area contributed by atoms with Gasteiger partial charge in [-0.3, -0.25) is 19.5 Å². The predicted molar refractivity (Wildman–Crippen MR) is 80.5 cm³/mol. The van der Waals surface area contributed by atoms with Crippen molar-refractivity contribution < 1.29 is 9.59 Å². The number of aromatic nitrogens is 2. The molecule has 2 heterocycles. The second-order valence-corrected chi connectivity index (χ2v) is 5.52. The minimum absolute atomic E-state index is 0.0330. The largest absolute Gasteiger partial charge is 0.341 e. The number of carbonyl (C=O) groups excluding carboxylic acids is 2. The molecule has 112 valence electrons. The fraction of sp³-hybridized carbons (Fsp3) is 0.385. The third-order valence-corrected chi connectivity index (χ3v) is 4.16. The van der Waals surface area contributed by atoms with Gasteiger partial charge < -0.3 is 5.32 Å². The SMILES string of the molecule is CCc1cc2c(=O)n(CCC(=O)NC(=O)NC)cnc2s1. The highest BCUT2D eigenvalue weighted by Crippen LogP contribution is 2.20. The van der Waals surface area contributed by atoms with Crippen LogP contribution < -0.4 is 16.2 Å². The average molecular weight is 308 g/mol. The van der Waals surface area contributed by atoms with Crippen molar-refractivity contribution in [1.29, 1.82) is 0 Å². The summed E-state index contributed by atoms with van der Waals surface area (Å²) >= 11 is 1.50. The summed E-state index contributed by atoms with van der Waals surface area (Å²) in [6, 6.07) is 1.28. The van der Waals surface area contributed by atoms with E-state index in [1.54, 1.807) is 0 Å². The Bertz CT molecular complexity index is 735. The van der Waals surface area contributed by atoms with E-state index in [9.17, 15) is 14.4 Å². The normalized spacial score (nSPS) is 10.6. The van der Waals surface area contributed by atoms with Gasteiger partial charge in [-0.2, -0.15) is 0 Å². The minimum atomic E-state index is -0.564. The molecule has 2 aromatic heterocycles. The van der Waals surface area contributed by atoms with Gasteiger partial charge in [-0.15, -0.1) is 11.3 Å². The van der Waals surface area contributed by atoms with Gasteiger partial charge in [0, 0.05) is 24.9 Å². The summed E-state index contributed by atoms with van der Waals surface area (Å²) < 4.78 is 1.39.